The van der Waals surface area contributed by atoms with Crippen LogP contribution in [0.2, 0.25) is 0 Å². The molecule has 0 aromatic carbocycles. The maximum Gasteiger partial charge on any atom is 0.326 e. The summed E-state index contributed by atoms with van der Waals surface area (Å²) in [4.78, 5) is 12.4. The highest BCUT2D eigenvalue weighted by atomic mass is 16.5. The smallest absolute Gasteiger partial charge is 0.326 e. The number of ether oxygens (including phenoxy) is 2. The molecule has 0 aliphatic carbocycles. The summed E-state index contributed by atoms with van der Waals surface area (Å²) in [5, 5.41) is 3.38. The predicted octanol–water partition coefficient (Wildman–Crippen LogP) is 2.62. The minimum atomic E-state index is -0.586. The van der Waals surface area contributed by atoms with Gasteiger partial charge in [-0.2, -0.15) is 0 Å². The average Bonchev–Trinajstić information content (AvgIpc) is 2.27. The quantitative estimate of drug-likeness (QED) is 0.491. The minimum absolute atomic E-state index is 0.131. The summed E-state index contributed by atoms with van der Waals surface area (Å²) >= 11 is 0. The number of methoxy groups -OCH3 is 1. The molecule has 0 rings (SSSR count). The van der Waals surface area contributed by atoms with Gasteiger partial charge in [0.05, 0.1) is 13.2 Å². The zero-order valence-electron chi connectivity index (χ0n) is 13.4. The Morgan fingerprint density at radius 1 is 1.16 bits per heavy atom. The summed E-state index contributed by atoms with van der Waals surface area (Å²) < 4.78 is 10.4. The van der Waals surface area contributed by atoms with Crippen molar-refractivity contribution >= 4 is 5.97 Å². The SMILES string of the molecule is CCOC(=O)C(CC(C)C)(CC(C)C)NCCOC. The Hall–Kier alpha value is -0.610. The lowest BCUT2D eigenvalue weighted by Crippen LogP contribution is -2.55. The summed E-state index contributed by atoms with van der Waals surface area (Å²) in [6.07, 6.45) is 1.57. The fraction of sp³-hybridized carbons (Fsp3) is 0.933. The highest BCUT2D eigenvalue weighted by Gasteiger charge is 2.40. The number of nitrogens with one attached hydrogen (secondary N) is 1. The lowest BCUT2D eigenvalue weighted by molar-refractivity contribution is -0.153. The highest BCUT2D eigenvalue weighted by Crippen LogP contribution is 2.26. The van der Waals surface area contributed by atoms with Gasteiger partial charge in [0.25, 0.3) is 0 Å². The number of carbonyl (C=O) groups excluding carboxylic acids is 1. The molecule has 0 aliphatic rings. The van der Waals surface area contributed by atoms with Gasteiger partial charge in [0.1, 0.15) is 5.54 Å². The largest absolute Gasteiger partial charge is 0.465 e. The molecule has 0 amide bonds. The van der Waals surface area contributed by atoms with Gasteiger partial charge in [-0.05, 0) is 31.6 Å². The maximum absolute atomic E-state index is 12.4. The van der Waals surface area contributed by atoms with E-state index in [4.69, 9.17) is 9.47 Å². The van der Waals surface area contributed by atoms with E-state index in [-0.39, 0.29) is 5.97 Å². The molecule has 4 heteroatoms. The third kappa shape index (κ3) is 6.92. The van der Waals surface area contributed by atoms with Crippen LogP contribution in [-0.2, 0) is 14.3 Å². The van der Waals surface area contributed by atoms with E-state index in [1.54, 1.807) is 7.11 Å². The molecule has 0 spiro atoms. The average molecular weight is 273 g/mol. The van der Waals surface area contributed by atoms with Crippen molar-refractivity contribution in [2.45, 2.75) is 53.0 Å². The van der Waals surface area contributed by atoms with Gasteiger partial charge >= 0.3 is 5.97 Å². The van der Waals surface area contributed by atoms with E-state index in [1.807, 2.05) is 6.92 Å². The predicted molar refractivity (Wildman–Crippen MR) is 78.2 cm³/mol. The Morgan fingerprint density at radius 3 is 2.05 bits per heavy atom. The van der Waals surface area contributed by atoms with Crippen LogP contribution in [0, 0.1) is 11.8 Å². The van der Waals surface area contributed by atoms with Crippen molar-refractivity contribution in [1.29, 1.82) is 0 Å². The molecular weight excluding hydrogens is 242 g/mol. The van der Waals surface area contributed by atoms with Gasteiger partial charge in [-0.1, -0.05) is 27.7 Å². The van der Waals surface area contributed by atoms with Gasteiger partial charge in [-0.3, -0.25) is 10.1 Å². The van der Waals surface area contributed by atoms with Gasteiger partial charge in [0, 0.05) is 13.7 Å². The van der Waals surface area contributed by atoms with Crippen molar-refractivity contribution < 1.29 is 14.3 Å². The summed E-state index contributed by atoms with van der Waals surface area (Å²) in [6, 6.07) is 0. The molecular formula is C15H31NO3. The van der Waals surface area contributed by atoms with Gasteiger partial charge in [0.15, 0.2) is 0 Å². The Labute approximate surface area is 118 Å². The first kappa shape index (κ1) is 18.4. The van der Waals surface area contributed by atoms with Crippen LogP contribution >= 0.6 is 0 Å². The van der Waals surface area contributed by atoms with Crippen molar-refractivity contribution in [2.75, 3.05) is 26.9 Å². The molecule has 0 saturated carbocycles. The molecule has 0 radical (unpaired) electrons. The van der Waals surface area contributed by atoms with Crippen LogP contribution < -0.4 is 5.32 Å². The number of hydrogen-bond donors (Lipinski definition) is 1. The highest BCUT2D eigenvalue weighted by molar-refractivity contribution is 5.81. The molecule has 114 valence electrons. The molecule has 0 atom stereocenters. The van der Waals surface area contributed by atoms with Crippen LogP contribution in [0.25, 0.3) is 0 Å². The number of esters is 1. The van der Waals surface area contributed by atoms with Crippen LogP contribution in [0.3, 0.4) is 0 Å². The molecule has 0 fully saturated rings. The van der Waals surface area contributed by atoms with E-state index < -0.39 is 5.54 Å². The first-order valence-corrected chi connectivity index (χ1v) is 7.29. The fourth-order valence-corrected chi connectivity index (χ4v) is 2.52. The van der Waals surface area contributed by atoms with Crippen LogP contribution in [0.15, 0.2) is 0 Å². The second-order valence-corrected chi connectivity index (χ2v) is 5.92. The maximum atomic E-state index is 12.4. The summed E-state index contributed by atoms with van der Waals surface area (Å²) in [6.45, 7) is 12.1. The number of carbonyl (C=O) groups is 1. The van der Waals surface area contributed by atoms with Crippen LogP contribution in [0.1, 0.15) is 47.5 Å². The molecule has 0 saturated heterocycles. The van der Waals surface area contributed by atoms with Crippen LogP contribution in [0.5, 0.6) is 0 Å². The van der Waals surface area contributed by atoms with Crippen molar-refractivity contribution in [3.8, 4) is 0 Å². The Bertz CT molecular complexity index is 242. The first-order chi connectivity index (χ1) is 8.88. The van der Waals surface area contributed by atoms with E-state index >= 15 is 0 Å². The second-order valence-electron chi connectivity index (χ2n) is 5.92. The second kappa shape index (κ2) is 9.32. The Morgan fingerprint density at radius 2 is 1.68 bits per heavy atom. The normalized spacial score (nSPS) is 12.2. The third-order valence-electron chi connectivity index (χ3n) is 2.95. The first-order valence-electron chi connectivity index (χ1n) is 7.29. The standard InChI is InChI=1S/C15H31NO3/c1-7-19-14(17)15(10-12(2)3,11-13(4)5)16-8-9-18-6/h12-13,16H,7-11H2,1-6H3. The van der Waals surface area contributed by atoms with E-state index in [0.29, 0.717) is 31.6 Å². The lowest BCUT2D eigenvalue weighted by Gasteiger charge is -2.35. The molecule has 0 unspecified atom stereocenters. The Kier molecular flexibility index (Phi) is 9.02. The van der Waals surface area contributed by atoms with Gasteiger partial charge in [-0.15, -0.1) is 0 Å². The van der Waals surface area contributed by atoms with Crippen molar-refractivity contribution in [2.24, 2.45) is 11.8 Å². The molecule has 0 bridgehead atoms. The summed E-state index contributed by atoms with van der Waals surface area (Å²) in [5.41, 5.74) is -0.586. The molecule has 0 aromatic heterocycles. The van der Waals surface area contributed by atoms with Gasteiger partial charge in [0.2, 0.25) is 0 Å². The summed E-state index contributed by atoms with van der Waals surface area (Å²) in [5.74, 6) is 0.727. The zero-order chi connectivity index (χ0) is 14.9. The van der Waals surface area contributed by atoms with E-state index in [1.165, 1.54) is 0 Å². The number of rotatable bonds is 10. The van der Waals surface area contributed by atoms with Crippen molar-refractivity contribution in [1.82, 2.24) is 5.32 Å². The van der Waals surface area contributed by atoms with Crippen molar-refractivity contribution in [3.63, 3.8) is 0 Å². The Balaban J connectivity index is 5.00. The van der Waals surface area contributed by atoms with E-state index in [2.05, 4.69) is 33.0 Å². The monoisotopic (exact) mass is 273 g/mol. The zero-order valence-corrected chi connectivity index (χ0v) is 13.4. The van der Waals surface area contributed by atoms with Crippen molar-refractivity contribution in [3.05, 3.63) is 0 Å². The topological polar surface area (TPSA) is 47.6 Å². The lowest BCUT2D eigenvalue weighted by atomic mass is 9.81. The molecule has 1 N–H and O–H groups in total. The van der Waals surface area contributed by atoms with Gasteiger partial charge < -0.3 is 9.47 Å². The molecule has 0 heterocycles. The molecule has 19 heavy (non-hydrogen) atoms. The van der Waals surface area contributed by atoms with Crippen LogP contribution in [-0.4, -0.2) is 38.4 Å². The molecule has 4 nitrogen and oxygen atoms in total. The number of hydrogen-bond acceptors (Lipinski definition) is 4. The summed E-state index contributed by atoms with van der Waals surface area (Å²) in [7, 11) is 1.67. The van der Waals surface area contributed by atoms with E-state index in [9.17, 15) is 4.79 Å². The van der Waals surface area contributed by atoms with Crippen LogP contribution in [0.4, 0.5) is 0 Å². The third-order valence-corrected chi connectivity index (χ3v) is 2.95. The molecule has 0 aromatic rings. The molecule has 0 aliphatic heterocycles. The fourth-order valence-electron chi connectivity index (χ4n) is 2.52. The van der Waals surface area contributed by atoms with Gasteiger partial charge in [-0.25, -0.2) is 0 Å². The van der Waals surface area contributed by atoms with E-state index in [0.717, 1.165) is 12.8 Å². The minimum Gasteiger partial charge on any atom is -0.465 e.